The van der Waals surface area contributed by atoms with Crippen LogP contribution in [0.15, 0.2) is 48.5 Å². The summed E-state index contributed by atoms with van der Waals surface area (Å²) in [6.07, 6.45) is 1.83. The van der Waals surface area contributed by atoms with E-state index >= 15 is 0 Å². The monoisotopic (exact) mass is 301 g/mol. The van der Waals surface area contributed by atoms with Gasteiger partial charge in [-0.3, -0.25) is 4.31 Å². The number of aryl methyl sites for hydroxylation is 2. The smallest absolute Gasteiger partial charge is 0.239 e. The van der Waals surface area contributed by atoms with E-state index in [-0.39, 0.29) is 5.75 Å². The number of hydrogen-bond donors (Lipinski definition) is 0. The van der Waals surface area contributed by atoms with Crippen LogP contribution in [0.1, 0.15) is 23.1 Å². The van der Waals surface area contributed by atoms with Crippen LogP contribution >= 0.6 is 0 Å². The van der Waals surface area contributed by atoms with E-state index in [0.29, 0.717) is 6.54 Å². The molecule has 0 unspecified atom stereocenters. The van der Waals surface area contributed by atoms with Crippen molar-refractivity contribution < 1.29 is 8.42 Å². The maximum absolute atomic E-state index is 12.7. The minimum absolute atomic E-state index is 0.0567. The molecule has 4 heteroatoms. The van der Waals surface area contributed by atoms with Crippen LogP contribution in [-0.4, -0.2) is 15.0 Å². The van der Waals surface area contributed by atoms with Gasteiger partial charge in [-0.1, -0.05) is 48.0 Å². The molecule has 0 aliphatic carbocycles. The fourth-order valence-corrected chi connectivity index (χ4v) is 4.50. The van der Waals surface area contributed by atoms with Crippen molar-refractivity contribution in [1.82, 2.24) is 0 Å². The summed E-state index contributed by atoms with van der Waals surface area (Å²) in [7, 11) is -3.33. The van der Waals surface area contributed by atoms with Crippen LogP contribution in [0.4, 0.5) is 5.69 Å². The zero-order valence-corrected chi connectivity index (χ0v) is 12.9. The van der Waals surface area contributed by atoms with Gasteiger partial charge >= 0.3 is 0 Å². The van der Waals surface area contributed by atoms with Crippen molar-refractivity contribution in [1.29, 1.82) is 0 Å². The van der Waals surface area contributed by atoms with Gasteiger partial charge in [-0.25, -0.2) is 8.42 Å². The summed E-state index contributed by atoms with van der Waals surface area (Å²) in [6, 6.07) is 15.4. The van der Waals surface area contributed by atoms with E-state index in [2.05, 4.69) is 6.07 Å². The summed E-state index contributed by atoms with van der Waals surface area (Å²) < 4.78 is 27.0. The number of nitrogens with zero attached hydrogens (tertiary/aromatic N) is 1. The molecule has 0 saturated heterocycles. The van der Waals surface area contributed by atoms with Gasteiger partial charge in [-0.05, 0) is 37.0 Å². The Labute approximate surface area is 126 Å². The molecular weight excluding hydrogens is 282 g/mol. The van der Waals surface area contributed by atoms with Crippen molar-refractivity contribution in [2.75, 3.05) is 10.8 Å². The minimum Gasteiger partial charge on any atom is -0.270 e. The molecule has 1 aliphatic heterocycles. The number of sulfonamides is 1. The van der Waals surface area contributed by atoms with Crippen molar-refractivity contribution in [3.8, 4) is 0 Å². The first-order valence-electron chi connectivity index (χ1n) is 7.20. The minimum atomic E-state index is -3.33. The average Bonchev–Trinajstić information content (AvgIpc) is 2.47. The van der Waals surface area contributed by atoms with Gasteiger partial charge in [0.1, 0.15) is 0 Å². The van der Waals surface area contributed by atoms with E-state index < -0.39 is 10.0 Å². The van der Waals surface area contributed by atoms with Gasteiger partial charge in [0.2, 0.25) is 10.0 Å². The molecule has 3 rings (SSSR count). The Morgan fingerprint density at radius 1 is 1.10 bits per heavy atom. The average molecular weight is 301 g/mol. The Bertz CT molecular complexity index is 739. The van der Waals surface area contributed by atoms with Crippen molar-refractivity contribution in [2.24, 2.45) is 0 Å². The number of rotatable bonds is 3. The van der Waals surface area contributed by atoms with Gasteiger partial charge in [-0.2, -0.15) is 0 Å². The van der Waals surface area contributed by atoms with Crippen LogP contribution in [0.5, 0.6) is 0 Å². The molecule has 0 fully saturated rings. The second kappa shape index (κ2) is 5.53. The summed E-state index contributed by atoms with van der Waals surface area (Å²) in [5.41, 5.74) is 3.99. The number of anilines is 1. The molecule has 3 nitrogen and oxygen atoms in total. The largest absolute Gasteiger partial charge is 0.270 e. The van der Waals surface area contributed by atoms with Crippen LogP contribution in [0.2, 0.25) is 0 Å². The molecule has 0 bridgehead atoms. The zero-order valence-electron chi connectivity index (χ0n) is 12.1. The first-order valence-corrected chi connectivity index (χ1v) is 8.81. The maximum atomic E-state index is 12.7. The van der Waals surface area contributed by atoms with Gasteiger partial charge in [0, 0.05) is 6.54 Å². The van der Waals surface area contributed by atoms with Gasteiger partial charge in [0.05, 0.1) is 11.4 Å². The van der Waals surface area contributed by atoms with E-state index in [1.165, 1.54) is 5.56 Å². The van der Waals surface area contributed by atoms with Crippen LogP contribution in [0, 0.1) is 6.92 Å². The van der Waals surface area contributed by atoms with Crippen LogP contribution in [0.25, 0.3) is 0 Å². The zero-order chi connectivity index (χ0) is 14.9. The summed E-state index contributed by atoms with van der Waals surface area (Å²) in [4.78, 5) is 0. The highest BCUT2D eigenvalue weighted by Crippen LogP contribution is 2.31. The number of benzene rings is 2. The summed E-state index contributed by atoms with van der Waals surface area (Å²) in [5, 5.41) is 0. The van der Waals surface area contributed by atoms with Gasteiger partial charge < -0.3 is 0 Å². The topological polar surface area (TPSA) is 37.4 Å². The molecule has 2 aromatic rings. The first kappa shape index (κ1) is 14.1. The Hall–Kier alpha value is -1.81. The lowest BCUT2D eigenvalue weighted by Crippen LogP contribution is -2.36. The second-order valence-corrected chi connectivity index (χ2v) is 7.44. The lowest BCUT2D eigenvalue weighted by molar-refractivity contribution is 0.585. The lowest BCUT2D eigenvalue weighted by Gasteiger charge is -2.30. The first-order chi connectivity index (χ1) is 10.1. The fourth-order valence-electron chi connectivity index (χ4n) is 2.84. The normalized spacial score (nSPS) is 14.8. The van der Waals surface area contributed by atoms with Crippen molar-refractivity contribution in [3.63, 3.8) is 0 Å². The van der Waals surface area contributed by atoms with E-state index in [9.17, 15) is 8.42 Å². The predicted molar refractivity (Wildman–Crippen MR) is 85.9 cm³/mol. The van der Waals surface area contributed by atoms with Crippen molar-refractivity contribution in [3.05, 3.63) is 65.2 Å². The number of hydrogen-bond acceptors (Lipinski definition) is 2. The SMILES string of the molecule is Cc1ccc2c(c1)CCCN2S(=O)(=O)Cc1ccccc1. The standard InChI is InChI=1S/C17H19NO2S/c1-14-9-10-17-16(12-14)8-5-11-18(17)21(19,20)13-15-6-3-2-4-7-15/h2-4,6-7,9-10,12H,5,8,11,13H2,1H3. The third-order valence-corrected chi connectivity index (χ3v) is 5.59. The van der Waals surface area contributed by atoms with E-state index in [1.54, 1.807) is 4.31 Å². The molecule has 0 N–H and O–H groups in total. The highest BCUT2D eigenvalue weighted by molar-refractivity contribution is 7.92. The Morgan fingerprint density at radius 2 is 1.86 bits per heavy atom. The van der Waals surface area contributed by atoms with E-state index in [0.717, 1.165) is 29.7 Å². The molecule has 21 heavy (non-hydrogen) atoms. The Balaban J connectivity index is 1.94. The van der Waals surface area contributed by atoms with E-state index in [4.69, 9.17) is 0 Å². The number of fused-ring (bicyclic) bond motifs is 1. The Kier molecular flexibility index (Phi) is 3.72. The third-order valence-electron chi connectivity index (χ3n) is 3.84. The second-order valence-electron chi connectivity index (χ2n) is 5.55. The van der Waals surface area contributed by atoms with Gasteiger partial charge in [-0.15, -0.1) is 0 Å². The lowest BCUT2D eigenvalue weighted by atomic mass is 10.0. The maximum Gasteiger partial charge on any atom is 0.239 e. The molecule has 0 saturated carbocycles. The molecule has 0 atom stereocenters. The Morgan fingerprint density at radius 3 is 2.62 bits per heavy atom. The summed E-state index contributed by atoms with van der Waals surface area (Å²) in [6.45, 7) is 2.61. The molecular formula is C17H19NO2S. The molecule has 0 aromatic heterocycles. The highest BCUT2D eigenvalue weighted by atomic mass is 32.2. The van der Waals surface area contributed by atoms with Gasteiger partial charge in [0.25, 0.3) is 0 Å². The third kappa shape index (κ3) is 2.95. The van der Waals surface area contributed by atoms with E-state index in [1.807, 2.05) is 49.4 Å². The summed E-state index contributed by atoms with van der Waals surface area (Å²) in [5.74, 6) is 0.0567. The predicted octanol–water partition coefficient (Wildman–Crippen LogP) is 3.28. The molecule has 2 aromatic carbocycles. The molecule has 1 aliphatic rings. The molecule has 110 valence electrons. The van der Waals surface area contributed by atoms with Crippen molar-refractivity contribution in [2.45, 2.75) is 25.5 Å². The molecule has 0 radical (unpaired) electrons. The molecule has 0 amide bonds. The van der Waals surface area contributed by atoms with Crippen LogP contribution in [-0.2, 0) is 22.2 Å². The van der Waals surface area contributed by atoms with Gasteiger partial charge in [0.15, 0.2) is 0 Å². The molecule has 1 heterocycles. The highest BCUT2D eigenvalue weighted by Gasteiger charge is 2.27. The fraction of sp³-hybridized carbons (Fsp3) is 0.294. The van der Waals surface area contributed by atoms with Crippen molar-refractivity contribution >= 4 is 15.7 Å². The summed E-state index contributed by atoms with van der Waals surface area (Å²) >= 11 is 0. The molecule has 0 spiro atoms. The quantitative estimate of drug-likeness (QED) is 0.872. The van der Waals surface area contributed by atoms with Crippen LogP contribution in [0.3, 0.4) is 0 Å². The van der Waals surface area contributed by atoms with Crippen LogP contribution < -0.4 is 4.31 Å².